The van der Waals surface area contributed by atoms with Gasteiger partial charge in [0.1, 0.15) is 5.75 Å². The molecule has 0 radical (unpaired) electrons. The van der Waals surface area contributed by atoms with Crippen molar-refractivity contribution in [2.24, 2.45) is 0 Å². The van der Waals surface area contributed by atoms with Crippen LogP contribution in [-0.4, -0.2) is 60.3 Å². The maximum absolute atomic E-state index is 13.1. The third kappa shape index (κ3) is 5.11. The molecule has 0 spiro atoms. The van der Waals surface area contributed by atoms with Gasteiger partial charge in [-0.05, 0) is 43.2 Å². The molecule has 1 saturated heterocycles. The molecule has 0 bridgehead atoms. The predicted molar refractivity (Wildman–Crippen MR) is 123 cm³/mol. The van der Waals surface area contributed by atoms with Crippen molar-refractivity contribution in [2.75, 3.05) is 27.3 Å². The van der Waals surface area contributed by atoms with Crippen LogP contribution in [0.5, 0.6) is 11.6 Å². The fourth-order valence-electron chi connectivity index (χ4n) is 3.90. The zero-order valence-electron chi connectivity index (χ0n) is 18.7. The summed E-state index contributed by atoms with van der Waals surface area (Å²) in [6, 6.07) is 18.1. The van der Waals surface area contributed by atoms with E-state index < -0.39 is 0 Å². The fraction of sp³-hybridized carbons (Fsp3) is 0.280. The number of aromatic nitrogens is 2. The predicted octanol–water partition coefficient (Wildman–Crippen LogP) is 3.20. The summed E-state index contributed by atoms with van der Waals surface area (Å²) in [7, 11) is 3.09. The van der Waals surface area contributed by atoms with E-state index in [-0.39, 0.29) is 17.9 Å². The van der Waals surface area contributed by atoms with Gasteiger partial charge in [0.05, 0.1) is 25.5 Å². The van der Waals surface area contributed by atoms with Crippen molar-refractivity contribution in [3.05, 3.63) is 71.8 Å². The number of likely N-dealkylation sites (tertiary alicyclic amines) is 1. The Morgan fingerprint density at radius 1 is 0.939 bits per heavy atom. The molecule has 1 N–H and O–H groups in total. The summed E-state index contributed by atoms with van der Waals surface area (Å²) in [6.07, 6.45) is 1.38. The second-order valence-corrected chi connectivity index (χ2v) is 7.78. The lowest BCUT2D eigenvalue weighted by molar-refractivity contribution is 0.0698. The number of carbonyl (C=O) groups excluding carboxylic acids is 2. The number of carbonyl (C=O) groups is 2. The Bertz CT molecular complexity index is 1130. The normalized spacial score (nSPS) is 13.9. The standard InChI is InChI=1S/C25H26N4O4/c1-32-22-9-4-3-8-20(22)24(30)26-19-12-14-29(15-13-19)25(31)18-7-5-6-17(16-18)21-10-11-23(33-2)28-27-21/h3-11,16,19H,12-15H2,1-2H3,(H,26,30). The molecule has 170 valence electrons. The first-order valence-corrected chi connectivity index (χ1v) is 10.8. The number of ether oxygens (including phenoxy) is 2. The van der Waals surface area contributed by atoms with Crippen molar-refractivity contribution in [3.8, 4) is 22.9 Å². The van der Waals surface area contributed by atoms with Crippen LogP contribution in [0.4, 0.5) is 0 Å². The summed E-state index contributed by atoms with van der Waals surface area (Å²) in [5.74, 6) is 0.786. The van der Waals surface area contributed by atoms with Crippen LogP contribution in [0.25, 0.3) is 11.3 Å². The SMILES string of the molecule is COc1ccc(-c2cccc(C(=O)N3CCC(NC(=O)c4ccccc4OC)CC3)c2)nn1. The minimum atomic E-state index is -0.162. The first-order chi connectivity index (χ1) is 16.1. The largest absolute Gasteiger partial charge is 0.496 e. The molecule has 1 fully saturated rings. The molecular weight excluding hydrogens is 420 g/mol. The van der Waals surface area contributed by atoms with E-state index >= 15 is 0 Å². The van der Waals surface area contributed by atoms with Gasteiger partial charge in [0, 0.05) is 36.3 Å². The molecule has 33 heavy (non-hydrogen) atoms. The molecular formula is C25H26N4O4. The van der Waals surface area contributed by atoms with Gasteiger partial charge in [0.15, 0.2) is 0 Å². The second kappa shape index (κ2) is 10.1. The Morgan fingerprint density at radius 2 is 1.73 bits per heavy atom. The number of rotatable bonds is 6. The Kier molecular flexibility index (Phi) is 6.83. The van der Waals surface area contributed by atoms with Crippen LogP contribution in [0.1, 0.15) is 33.6 Å². The Hall–Kier alpha value is -3.94. The molecule has 1 aromatic heterocycles. The zero-order chi connectivity index (χ0) is 23.2. The molecule has 0 unspecified atom stereocenters. The topological polar surface area (TPSA) is 93.7 Å². The summed E-state index contributed by atoms with van der Waals surface area (Å²) in [6.45, 7) is 1.14. The molecule has 8 heteroatoms. The molecule has 0 atom stereocenters. The highest BCUT2D eigenvalue weighted by Gasteiger charge is 2.25. The van der Waals surface area contributed by atoms with Crippen molar-refractivity contribution < 1.29 is 19.1 Å². The summed E-state index contributed by atoms with van der Waals surface area (Å²) in [4.78, 5) is 27.6. The fourth-order valence-corrected chi connectivity index (χ4v) is 3.90. The molecule has 1 aliphatic rings. The molecule has 3 aromatic rings. The van der Waals surface area contributed by atoms with Crippen LogP contribution in [0, 0.1) is 0 Å². The lowest BCUT2D eigenvalue weighted by Gasteiger charge is -2.32. The molecule has 8 nitrogen and oxygen atoms in total. The molecule has 2 heterocycles. The van der Waals surface area contributed by atoms with E-state index in [1.54, 1.807) is 31.4 Å². The average Bonchev–Trinajstić information content (AvgIpc) is 2.88. The highest BCUT2D eigenvalue weighted by Crippen LogP contribution is 2.22. The molecule has 0 aliphatic carbocycles. The number of hydrogen-bond acceptors (Lipinski definition) is 6. The van der Waals surface area contributed by atoms with E-state index in [9.17, 15) is 9.59 Å². The lowest BCUT2D eigenvalue weighted by atomic mass is 10.0. The number of hydrogen-bond donors (Lipinski definition) is 1. The molecule has 2 aromatic carbocycles. The van der Waals surface area contributed by atoms with E-state index in [0.717, 1.165) is 5.56 Å². The first-order valence-electron chi connectivity index (χ1n) is 10.8. The van der Waals surface area contributed by atoms with Crippen molar-refractivity contribution in [1.29, 1.82) is 0 Å². The van der Waals surface area contributed by atoms with Gasteiger partial charge in [-0.3, -0.25) is 9.59 Å². The van der Waals surface area contributed by atoms with E-state index in [0.29, 0.717) is 54.4 Å². The summed E-state index contributed by atoms with van der Waals surface area (Å²) < 4.78 is 10.3. The number of benzene rings is 2. The maximum atomic E-state index is 13.1. The van der Waals surface area contributed by atoms with Crippen LogP contribution in [-0.2, 0) is 0 Å². The number of nitrogens with zero attached hydrogens (tertiary/aromatic N) is 3. The number of para-hydroxylation sites is 1. The van der Waals surface area contributed by atoms with Gasteiger partial charge < -0.3 is 19.7 Å². The van der Waals surface area contributed by atoms with Crippen LogP contribution in [0.15, 0.2) is 60.7 Å². The van der Waals surface area contributed by atoms with Crippen molar-refractivity contribution >= 4 is 11.8 Å². The third-order valence-corrected chi connectivity index (χ3v) is 5.72. The summed E-state index contributed by atoms with van der Waals surface area (Å²) in [5.41, 5.74) is 2.59. The Labute approximate surface area is 192 Å². The Balaban J connectivity index is 1.37. The number of piperidine rings is 1. The molecule has 0 saturated carbocycles. The van der Waals surface area contributed by atoms with E-state index in [2.05, 4.69) is 15.5 Å². The van der Waals surface area contributed by atoms with Gasteiger partial charge >= 0.3 is 0 Å². The van der Waals surface area contributed by atoms with E-state index in [1.807, 2.05) is 41.3 Å². The van der Waals surface area contributed by atoms with Gasteiger partial charge in [-0.2, -0.15) is 0 Å². The lowest BCUT2D eigenvalue weighted by Crippen LogP contribution is -2.46. The first kappa shape index (κ1) is 22.3. The highest BCUT2D eigenvalue weighted by atomic mass is 16.5. The van der Waals surface area contributed by atoms with Gasteiger partial charge in [0.2, 0.25) is 5.88 Å². The van der Waals surface area contributed by atoms with Gasteiger partial charge in [-0.1, -0.05) is 24.3 Å². The van der Waals surface area contributed by atoms with Gasteiger partial charge in [-0.15, -0.1) is 10.2 Å². The van der Waals surface area contributed by atoms with Crippen LogP contribution in [0.2, 0.25) is 0 Å². The van der Waals surface area contributed by atoms with Gasteiger partial charge in [0.25, 0.3) is 11.8 Å². The monoisotopic (exact) mass is 446 g/mol. The van der Waals surface area contributed by atoms with Crippen LogP contribution >= 0.6 is 0 Å². The number of methoxy groups -OCH3 is 2. The van der Waals surface area contributed by atoms with Crippen LogP contribution in [0.3, 0.4) is 0 Å². The average molecular weight is 447 g/mol. The van der Waals surface area contributed by atoms with Crippen molar-refractivity contribution in [3.63, 3.8) is 0 Å². The zero-order valence-corrected chi connectivity index (χ0v) is 18.7. The smallest absolute Gasteiger partial charge is 0.255 e. The van der Waals surface area contributed by atoms with Crippen molar-refractivity contribution in [2.45, 2.75) is 18.9 Å². The van der Waals surface area contributed by atoms with E-state index in [1.165, 1.54) is 7.11 Å². The third-order valence-electron chi connectivity index (χ3n) is 5.72. The summed E-state index contributed by atoms with van der Waals surface area (Å²) >= 11 is 0. The molecule has 4 rings (SSSR count). The highest BCUT2D eigenvalue weighted by molar-refractivity contribution is 5.97. The number of nitrogens with one attached hydrogen (secondary N) is 1. The summed E-state index contributed by atoms with van der Waals surface area (Å²) in [5, 5.41) is 11.2. The quantitative estimate of drug-likeness (QED) is 0.625. The number of amides is 2. The minimum Gasteiger partial charge on any atom is -0.496 e. The molecule has 1 aliphatic heterocycles. The van der Waals surface area contributed by atoms with Crippen molar-refractivity contribution in [1.82, 2.24) is 20.4 Å². The maximum Gasteiger partial charge on any atom is 0.255 e. The Morgan fingerprint density at radius 3 is 2.42 bits per heavy atom. The van der Waals surface area contributed by atoms with Crippen LogP contribution < -0.4 is 14.8 Å². The van der Waals surface area contributed by atoms with E-state index in [4.69, 9.17) is 9.47 Å². The minimum absolute atomic E-state index is 0.00682. The second-order valence-electron chi connectivity index (χ2n) is 7.78. The molecule has 2 amide bonds. The van der Waals surface area contributed by atoms with Gasteiger partial charge in [-0.25, -0.2) is 0 Å².